The number of ether oxygens (including phenoxy) is 2. The van der Waals surface area contributed by atoms with E-state index in [1.54, 1.807) is 18.2 Å². The number of nitrogens with one attached hydrogen (secondary N) is 1. The maximum atomic E-state index is 13.6. The van der Waals surface area contributed by atoms with Gasteiger partial charge in [0.2, 0.25) is 5.91 Å². The minimum absolute atomic E-state index is 0.0559. The number of fused-ring (bicyclic) bond motifs is 1. The summed E-state index contributed by atoms with van der Waals surface area (Å²) in [6.45, 7) is 5.78. The van der Waals surface area contributed by atoms with Crippen molar-refractivity contribution in [3.63, 3.8) is 0 Å². The van der Waals surface area contributed by atoms with Gasteiger partial charge in [-0.05, 0) is 43.8 Å². The zero-order chi connectivity index (χ0) is 25.0. The Balaban J connectivity index is 1.44. The molecule has 0 aromatic heterocycles. The number of carbonyl (C=O) groups excluding carboxylic acids is 1. The Bertz CT molecular complexity index is 1150. The lowest BCUT2D eigenvalue weighted by Gasteiger charge is -2.32. The van der Waals surface area contributed by atoms with Crippen molar-refractivity contribution < 1.29 is 22.7 Å². The smallest absolute Gasteiger partial charge is 0.264 e. The van der Waals surface area contributed by atoms with Gasteiger partial charge in [-0.2, -0.15) is 0 Å². The molecule has 1 atom stereocenters. The fourth-order valence-electron chi connectivity index (χ4n) is 4.64. The summed E-state index contributed by atoms with van der Waals surface area (Å²) in [5.74, 6) is 0.0587. The molecule has 2 aliphatic rings. The van der Waals surface area contributed by atoms with Crippen LogP contribution in [-0.2, 0) is 14.8 Å². The number of rotatable bonds is 9. The summed E-state index contributed by atoms with van der Waals surface area (Å²) in [6.07, 6.45) is 0.859. The van der Waals surface area contributed by atoms with Crippen LogP contribution in [0.1, 0.15) is 17.9 Å². The van der Waals surface area contributed by atoms with Crippen molar-refractivity contribution in [1.29, 1.82) is 0 Å². The van der Waals surface area contributed by atoms with Crippen molar-refractivity contribution in [2.24, 2.45) is 0 Å². The van der Waals surface area contributed by atoms with E-state index in [1.165, 1.54) is 30.7 Å². The van der Waals surface area contributed by atoms with Crippen LogP contribution in [0.5, 0.6) is 11.5 Å². The van der Waals surface area contributed by atoms with Gasteiger partial charge in [-0.15, -0.1) is 0 Å². The molecule has 1 amide bonds. The van der Waals surface area contributed by atoms with Gasteiger partial charge in [-0.1, -0.05) is 18.2 Å². The number of amides is 1. The molecule has 1 unspecified atom stereocenters. The van der Waals surface area contributed by atoms with E-state index in [9.17, 15) is 13.2 Å². The van der Waals surface area contributed by atoms with Crippen LogP contribution >= 0.6 is 0 Å². The number of carbonyl (C=O) groups is 1. The van der Waals surface area contributed by atoms with Crippen molar-refractivity contribution >= 4 is 21.6 Å². The van der Waals surface area contributed by atoms with Crippen molar-refractivity contribution in [3.8, 4) is 11.5 Å². The Morgan fingerprint density at radius 1 is 1.03 bits per heavy atom. The van der Waals surface area contributed by atoms with E-state index in [4.69, 9.17) is 9.47 Å². The maximum Gasteiger partial charge on any atom is 0.264 e. The largest absolute Gasteiger partial charge is 0.493 e. The van der Waals surface area contributed by atoms with E-state index in [1.807, 2.05) is 12.1 Å². The minimum Gasteiger partial charge on any atom is -0.493 e. The lowest BCUT2D eigenvalue weighted by molar-refractivity contribution is -0.122. The average molecular weight is 503 g/mol. The third-order valence-electron chi connectivity index (χ3n) is 6.73. The molecule has 1 N–H and O–H groups in total. The quantitative estimate of drug-likeness (QED) is 0.523. The van der Waals surface area contributed by atoms with Gasteiger partial charge in [-0.25, -0.2) is 8.42 Å². The molecule has 4 rings (SSSR count). The fraction of sp³-hybridized carbons (Fsp3) is 0.480. The molecule has 2 aromatic rings. The average Bonchev–Trinajstić information content (AvgIpc) is 3.28. The molecular weight excluding hydrogens is 468 g/mol. The summed E-state index contributed by atoms with van der Waals surface area (Å²) < 4.78 is 39.0. The van der Waals surface area contributed by atoms with Gasteiger partial charge in [-0.3, -0.25) is 9.10 Å². The van der Waals surface area contributed by atoms with Crippen LogP contribution in [0.3, 0.4) is 0 Å². The second kappa shape index (κ2) is 10.8. The first-order valence-electron chi connectivity index (χ1n) is 11.9. The zero-order valence-electron chi connectivity index (χ0n) is 20.6. The number of benzene rings is 2. The van der Waals surface area contributed by atoms with Crippen LogP contribution in [0, 0.1) is 0 Å². The normalized spacial score (nSPS) is 18.8. The molecule has 2 aliphatic heterocycles. The second-order valence-electron chi connectivity index (χ2n) is 8.95. The number of nitrogens with zero attached hydrogens (tertiary/aromatic N) is 3. The summed E-state index contributed by atoms with van der Waals surface area (Å²) in [6, 6.07) is 11.7. The Morgan fingerprint density at radius 3 is 2.46 bits per heavy atom. The predicted molar refractivity (Wildman–Crippen MR) is 135 cm³/mol. The van der Waals surface area contributed by atoms with E-state index in [2.05, 4.69) is 22.2 Å². The highest BCUT2D eigenvalue weighted by atomic mass is 32.2. The molecule has 0 aliphatic carbocycles. The second-order valence-corrected chi connectivity index (χ2v) is 10.8. The predicted octanol–water partition coefficient (Wildman–Crippen LogP) is 1.75. The van der Waals surface area contributed by atoms with Crippen molar-refractivity contribution in [1.82, 2.24) is 15.1 Å². The van der Waals surface area contributed by atoms with Crippen LogP contribution in [0.2, 0.25) is 0 Å². The van der Waals surface area contributed by atoms with E-state index in [-0.39, 0.29) is 17.3 Å². The van der Waals surface area contributed by atoms with Crippen molar-refractivity contribution in [2.45, 2.75) is 17.2 Å². The van der Waals surface area contributed by atoms with Crippen molar-refractivity contribution in [3.05, 3.63) is 48.0 Å². The Hall–Kier alpha value is -2.82. The summed E-state index contributed by atoms with van der Waals surface area (Å²) >= 11 is 0. The number of hydrogen-bond acceptors (Lipinski definition) is 7. The molecular formula is C25H34N4O5S. The van der Waals surface area contributed by atoms with Gasteiger partial charge < -0.3 is 24.6 Å². The van der Waals surface area contributed by atoms with Crippen LogP contribution in [0.4, 0.5) is 5.69 Å². The molecule has 35 heavy (non-hydrogen) atoms. The molecule has 190 valence electrons. The van der Waals surface area contributed by atoms with Gasteiger partial charge >= 0.3 is 0 Å². The van der Waals surface area contributed by atoms with Gasteiger partial charge in [0, 0.05) is 38.8 Å². The van der Waals surface area contributed by atoms with E-state index in [0.717, 1.165) is 39.1 Å². The SMILES string of the molecule is COc1ccc(S(=O)(=O)N2CC(C(=O)NCCCN3CCN(C)CC3)c3ccccc32)cc1OC. The number of piperazine rings is 1. The number of sulfonamides is 1. The Kier molecular flexibility index (Phi) is 7.83. The van der Waals surface area contributed by atoms with Gasteiger partial charge in [0.05, 0.1) is 37.3 Å². The highest BCUT2D eigenvalue weighted by Gasteiger charge is 2.39. The van der Waals surface area contributed by atoms with Crippen LogP contribution in [0.15, 0.2) is 47.4 Å². The summed E-state index contributed by atoms with van der Waals surface area (Å²) in [4.78, 5) is 17.9. The number of hydrogen-bond donors (Lipinski definition) is 1. The molecule has 1 fully saturated rings. The Morgan fingerprint density at radius 2 is 1.74 bits per heavy atom. The van der Waals surface area contributed by atoms with Gasteiger partial charge in [0.1, 0.15) is 0 Å². The molecule has 10 heteroatoms. The molecule has 1 saturated heterocycles. The van der Waals surface area contributed by atoms with Gasteiger partial charge in [0.25, 0.3) is 10.0 Å². The molecule has 0 radical (unpaired) electrons. The topological polar surface area (TPSA) is 91.4 Å². The van der Waals surface area contributed by atoms with Crippen LogP contribution in [-0.4, -0.2) is 91.2 Å². The van der Waals surface area contributed by atoms with Gasteiger partial charge in [0.15, 0.2) is 11.5 Å². The number of likely N-dealkylation sites (N-methyl/N-ethyl adjacent to an activating group) is 1. The summed E-state index contributed by atoms with van der Waals surface area (Å²) in [5.41, 5.74) is 1.24. The lowest BCUT2D eigenvalue weighted by Crippen LogP contribution is -2.45. The monoisotopic (exact) mass is 502 g/mol. The highest BCUT2D eigenvalue weighted by Crippen LogP contribution is 2.40. The van der Waals surface area contributed by atoms with E-state index in [0.29, 0.717) is 29.3 Å². The first kappa shape index (κ1) is 25.3. The van der Waals surface area contributed by atoms with E-state index < -0.39 is 15.9 Å². The van der Waals surface area contributed by atoms with Crippen LogP contribution < -0.4 is 19.1 Å². The van der Waals surface area contributed by atoms with E-state index >= 15 is 0 Å². The van der Waals surface area contributed by atoms with Crippen molar-refractivity contribution in [2.75, 3.05) is 71.4 Å². The summed E-state index contributed by atoms with van der Waals surface area (Å²) in [5, 5.41) is 3.02. The molecule has 0 saturated carbocycles. The third-order valence-corrected chi connectivity index (χ3v) is 8.51. The molecule has 2 heterocycles. The number of para-hydroxylation sites is 1. The maximum absolute atomic E-state index is 13.6. The number of anilines is 1. The zero-order valence-corrected chi connectivity index (χ0v) is 21.4. The minimum atomic E-state index is -3.91. The first-order chi connectivity index (χ1) is 16.8. The third kappa shape index (κ3) is 5.39. The molecule has 0 spiro atoms. The molecule has 2 aromatic carbocycles. The Labute approximate surface area is 207 Å². The first-order valence-corrected chi connectivity index (χ1v) is 13.3. The molecule has 0 bridgehead atoms. The highest BCUT2D eigenvalue weighted by molar-refractivity contribution is 7.92. The summed E-state index contributed by atoms with van der Waals surface area (Å²) in [7, 11) is 1.18. The molecule has 9 nitrogen and oxygen atoms in total. The van der Waals surface area contributed by atoms with Crippen LogP contribution in [0.25, 0.3) is 0 Å². The standard InChI is InChI=1S/C25H34N4O5S/c1-27-13-15-28(16-14-27)12-6-11-26-25(30)21-18-29(22-8-5-4-7-20(21)22)35(31,32)19-9-10-23(33-2)24(17-19)34-3/h4-5,7-10,17,21H,6,11-16,18H2,1-3H3,(H,26,30). The lowest BCUT2D eigenvalue weighted by atomic mass is 10.0. The fourth-order valence-corrected chi connectivity index (χ4v) is 6.16. The number of methoxy groups -OCH3 is 2.